The van der Waals surface area contributed by atoms with Crippen LogP contribution < -0.4 is 5.73 Å². The summed E-state index contributed by atoms with van der Waals surface area (Å²) in [4.78, 5) is 4.20. The Morgan fingerprint density at radius 3 is 2.93 bits per heavy atom. The van der Waals surface area contributed by atoms with E-state index >= 15 is 0 Å². The lowest BCUT2D eigenvalue weighted by atomic mass is 10.3. The number of thioether (sulfide) groups is 1. The van der Waals surface area contributed by atoms with Gasteiger partial charge in [0, 0.05) is 0 Å². The van der Waals surface area contributed by atoms with Gasteiger partial charge in [0.1, 0.15) is 11.6 Å². The maximum absolute atomic E-state index is 5.59. The Labute approximate surface area is 92.7 Å². The minimum atomic E-state index is 0.552. The first-order valence-corrected chi connectivity index (χ1v) is 5.62. The molecule has 78 valence electrons. The summed E-state index contributed by atoms with van der Waals surface area (Å²) in [6, 6.07) is 7.59. The van der Waals surface area contributed by atoms with Crippen LogP contribution in [0.15, 0.2) is 40.0 Å². The molecule has 2 heterocycles. The minimum absolute atomic E-state index is 0.552. The molecule has 0 aliphatic carbocycles. The Balaban J connectivity index is 2.02. The zero-order valence-electron chi connectivity index (χ0n) is 8.43. The number of hydrogen-bond donors (Lipinski definition) is 1. The zero-order valence-corrected chi connectivity index (χ0v) is 9.25. The van der Waals surface area contributed by atoms with E-state index < -0.39 is 0 Å². The van der Waals surface area contributed by atoms with Crippen LogP contribution in [0.25, 0.3) is 0 Å². The highest BCUT2D eigenvalue weighted by molar-refractivity contribution is 7.98. The van der Waals surface area contributed by atoms with Crippen LogP contribution in [0, 0.1) is 6.92 Å². The lowest BCUT2D eigenvalue weighted by Crippen LogP contribution is -1.90. The molecule has 15 heavy (non-hydrogen) atoms. The number of nitrogens with zero attached hydrogens (tertiary/aromatic N) is 1. The average molecular weight is 220 g/mol. The van der Waals surface area contributed by atoms with Crippen molar-refractivity contribution in [3.8, 4) is 0 Å². The molecule has 0 aliphatic heterocycles. The molecular formula is C11H12N2OS. The highest BCUT2D eigenvalue weighted by Gasteiger charge is 2.03. The molecular weight excluding hydrogens is 208 g/mol. The molecule has 0 spiro atoms. The van der Waals surface area contributed by atoms with Crippen molar-refractivity contribution in [1.29, 1.82) is 0 Å². The smallest absolute Gasteiger partial charge is 0.124 e. The molecule has 0 radical (unpaired) electrons. The third-order valence-corrected chi connectivity index (χ3v) is 2.99. The van der Waals surface area contributed by atoms with Crippen LogP contribution in [-0.2, 0) is 5.75 Å². The van der Waals surface area contributed by atoms with Crippen LogP contribution in [0.3, 0.4) is 0 Å². The molecule has 3 nitrogen and oxygen atoms in total. The summed E-state index contributed by atoms with van der Waals surface area (Å²) in [6.07, 6.45) is 1.71. The van der Waals surface area contributed by atoms with Crippen molar-refractivity contribution in [3.05, 3.63) is 41.9 Å². The Bertz CT molecular complexity index is 453. The van der Waals surface area contributed by atoms with Crippen LogP contribution in [0.1, 0.15) is 11.3 Å². The standard InChI is InChI=1S/C11H12N2OS/c1-8-5-6-14-9(8)7-15-11-4-2-3-10(12)13-11/h2-6H,7H2,1H3,(H2,12,13). The molecule has 0 amide bonds. The maximum Gasteiger partial charge on any atom is 0.124 e. The van der Waals surface area contributed by atoms with Gasteiger partial charge in [-0.05, 0) is 30.7 Å². The Hall–Kier alpha value is -1.42. The van der Waals surface area contributed by atoms with Gasteiger partial charge in [-0.2, -0.15) is 0 Å². The molecule has 2 rings (SSSR count). The van der Waals surface area contributed by atoms with Gasteiger partial charge in [-0.1, -0.05) is 17.8 Å². The van der Waals surface area contributed by atoms with Crippen LogP contribution in [0.5, 0.6) is 0 Å². The first kappa shape index (κ1) is 10.1. The normalized spacial score (nSPS) is 10.5. The number of furan rings is 1. The van der Waals surface area contributed by atoms with Crippen LogP contribution in [0.4, 0.5) is 5.82 Å². The Kier molecular flexibility index (Phi) is 2.97. The number of nitrogens with two attached hydrogens (primary N) is 1. The minimum Gasteiger partial charge on any atom is -0.468 e. The van der Waals surface area contributed by atoms with Gasteiger partial charge in [0.25, 0.3) is 0 Å². The van der Waals surface area contributed by atoms with Crippen molar-refractivity contribution in [2.45, 2.75) is 17.7 Å². The van der Waals surface area contributed by atoms with Gasteiger partial charge < -0.3 is 10.2 Å². The molecule has 2 N–H and O–H groups in total. The predicted octanol–water partition coefficient (Wildman–Crippen LogP) is 2.86. The summed E-state index contributed by atoms with van der Waals surface area (Å²) in [7, 11) is 0. The lowest BCUT2D eigenvalue weighted by molar-refractivity contribution is 0.528. The lowest BCUT2D eigenvalue weighted by Gasteiger charge is -2.00. The van der Waals surface area contributed by atoms with Crippen molar-refractivity contribution >= 4 is 17.6 Å². The van der Waals surface area contributed by atoms with Gasteiger partial charge in [-0.15, -0.1) is 0 Å². The number of aromatic nitrogens is 1. The van der Waals surface area contributed by atoms with Gasteiger partial charge in [-0.3, -0.25) is 0 Å². The van der Waals surface area contributed by atoms with Gasteiger partial charge >= 0.3 is 0 Å². The Morgan fingerprint density at radius 1 is 1.40 bits per heavy atom. The summed E-state index contributed by atoms with van der Waals surface area (Å²) in [5, 5.41) is 0.922. The fraction of sp³-hybridized carbons (Fsp3) is 0.182. The first-order chi connectivity index (χ1) is 7.25. The second-order valence-corrected chi connectivity index (χ2v) is 4.21. The van der Waals surface area contributed by atoms with Crippen molar-refractivity contribution in [2.75, 3.05) is 5.73 Å². The molecule has 0 fully saturated rings. The number of rotatable bonds is 3. The summed E-state index contributed by atoms with van der Waals surface area (Å²) in [5.74, 6) is 2.33. The number of aryl methyl sites for hydroxylation is 1. The highest BCUT2D eigenvalue weighted by atomic mass is 32.2. The van der Waals surface area contributed by atoms with E-state index in [0.717, 1.165) is 16.5 Å². The third kappa shape index (κ3) is 2.53. The van der Waals surface area contributed by atoms with Crippen LogP contribution in [0.2, 0.25) is 0 Å². The molecule has 0 saturated heterocycles. The molecule has 0 atom stereocenters. The monoisotopic (exact) mass is 220 g/mol. The fourth-order valence-electron chi connectivity index (χ4n) is 1.20. The van der Waals surface area contributed by atoms with Crippen molar-refractivity contribution in [3.63, 3.8) is 0 Å². The zero-order chi connectivity index (χ0) is 10.7. The highest BCUT2D eigenvalue weighted by Crippen LogP contribution is 2.23. The average Bonchev–Trinajstić information content (AvgIpc) is 2.61. The SMILES string of the molecule is Cc1ccoc1CSc1cccc(N)n1. The van der Waals surface area contributed by atoms with E-state index in [1.807, 2.05) is 25.1 Å². The topological polar surface area (TPSA) is 52.0 Å². The number of hydrogen-bond acceptors (Lipinski definition) is 4. The largest absolute Gasteiger partial charge is 0.468 e. The van der Waals surface area contributed by atoms with E-state index in [4.69, 9.17) is 10.2 Å². The summed E-state index contributed by atoms with van der Waals surface area (Å²) >= 11 is 1.62. The molecule has 0 saturated carbocycles. The molecule has 0 aliphatic rings. The third-order valence-electron chi connectivity index (χ3n) is 2.06. The number of nitrogen functional groups attached to an aromatic ring is 1. The fourth-order valence-corrected chi connectivity index (χ4v) is 2.12. The number of pyridine rings is 1. The first-order valence-electron chi connectivity index (χ1n) is 4.64. The van der Waals surface area contributed by atoms with E-state index in [-0.39, 0.29) is 0 Å². The van der Waals surface area contributed by atoms with Crippen molar-refractivity contribution < 1.29 is 4.42 Å². The summed E-state index contributed by atoms with van der Waals surface area (Å²) < 4.78 is 5.34. The van der Waals surface area contributed by atoms with Gasteiger partial charge in [0.15, 0.2) is 0 Å². The molecule has 2 aromatic heterocycles. The second-order valence-electron chi connectivity index (χ2n) is 3.22. The van der Waals surface area contributed by atoms with E-state index in [2.05, 4.69) is 4.98 Å². The van der Waals surface area contributed by atoms with Gasteiger partial charge in [0.05, 0.1) is 17.0 Å². The van der Waals surface area contributed by atoms with Gasteiger partial charge in [-0.25, -0.2) is 4.98 Å². The van der Waals surface area contributed by atoms with Crippen molar-refractivity contribution in [1.82, 2.24) is 4.98 Å². The molecule has 4 heteroatoms. The quantitative estimate of drug-likeness (QED) is 0.808. The predicted molar refractivity (Wildman–Crippen MR) is 61.7 cm³/mol. The van der Waals surface area contributed by atoms with E-state index in [0.29, 0.717) is 5.82 Å². The van der Waals surface area contributed by atoms with E-state index in [1.165, 1.54) is 5.56 Å². The number of anilines is 1. The summed E-state index contributed by atoms with van der Waals surface area (Å²) in [6.45, 7) is 2.03. The van der Waals surface area contributed by atoms with Gasteiger partial charge in [0.2, 0.25) is 0 Å². The molecule has 0 bridgehead atoms. The second kappa shape index (κ2) is 4.40. The van der Waals surface area contributed by atoms with Crippen LogP contribution in [-0.4, -0.2) is 4.98 Å². The molecule has 0 aromatic carbocycles. The molecule has 2 aromatic rings. The van der Waals surface area contributed by atoms with E-state index in [9.17, 15) is 0 Å². The van der Waals surface area contributed by atoms with E-state index in [1.54, 1.807) is 24.1 Å². The molecule has 0 unspecified atom stereocenters. The van der Waals surface area contributed by atoms with Crippen molar-refractivity contribution in [2.24, 2.45) is 0 Å². The van der Waals surface area contributed by atoms with Crippen LogP contribution >= 0.6 is 11.8 Å². The maximum atomic E-state index is 5.59. The summed E-state index contributed by atoms with van der Waals surface area (Å²) in [5.41, 5.74) is 6.76. The Morgan fingerprint density at radius 2 is 2.27 bits per heavy atom.